The van der Waals surface area contributed by atoms with Gasteiger partial charge in [0.2, 0.25) is 0 Å². The number of carboxylic acid groups (broad SMARTS) is 1. The Morgan fingerprint density at radius 3 is 2.48 bits per heavy atom. The molecule has 0 aliphatic carbocycles. The molecule has 3 aromatic rings. The quantitative estimate of drug-likeness (QED) is 0.519. The third-order valence-corrected chi connectivity index (χ3v) is 5.00. The number of carboxylic acids is 1. The molecule has 0 saturated heterocycles. The van der Waals surface area contributed by atoms with Crippen LogP contribution in [0.3, 0.4) is 0 Å². The van der Waals surface area contributed by atoms with E-state index >= 15 is 0 Å². The van der Waals surface area contributed by atoms with Crippen molar-refractivity contribution in [1.82, 2.24) is 5.32 Å². The maximum Gasteiger partial charge on any atom is 0.303 e. The molecule has 3 heteroatoms. The minimum absolute atomic E-state index is 0.188. The normalized spacial score (nSPS) is 12.2. The number of hydrogen-bond donors (Lipinski definition) is 2. The Labute approximate surface area is 161 Å². The number of nitrogens with one attached hydrogen (secondary N) is 1. The van der Waals surface area contributed by atoms with E-state index in [1.165, 1.54) is 21.9 Å². The molecule has 0 fully saturated rings. The van der Waals surface area contributed by atoms with Gasteiger partial charge in [0.15, 0.2) is 0 Å². The predicted molar refractivity (Wildman–Crippen MR) is 111 cm³/mol. The highest BCUT2D eigenvalue weighted by Crippen LogP contribution is 2.24. The highest BCUT2D eigenvalue weighted by Gasteiger charge is 2.08. The van der Waals surface area contributed by atoms with E-state index < -0.39 is 5.97 Å². The maximum atomic E-state index is 10.7. The van der Waals surface area contributed by atoms with Crippen molar-refractivity contribution in [2.24, 2.45) is 0 Å². The first-order valence-electron chi connectivity index (χ1n) is 9.64. The Balaban J connectivity index is 1.51. The first-order valence-corrected chi connectivity index (χ1v) is 9.64. The fourth-order valence-electron chi connectivity index (χ4n) is 3.54. The molecular formula is C24H27NO2. The molecule has 0 aromatic heterocycles. The van der Waals surface area contributed by atoms with E-state index in [2.05, 4.69) is 66.8 Å². The van der Waals surface area contributed by atoms with Gasteiger partial charge in [-0.05, 0) is 60.2 Å². The number of rotatable bonds is 9. The van der Waals surface area contributed by atoms with Crippen LogP contribution < -0.4 is 5.32 Å². The summed E-state index contributed by atoms with van der Waals surface area (Å²) < 4.78 is 0. The summed E-state index contributed by atoms with van der Waals surface area (Å²) in [5.74, 6) is -0.743. The van der Waals surface area contributed by atoms with Gasteiger partial charge in [-0.1, -0.05) is 66.7 Å². The number of benzene rings is 3. The monoisotopic (exact) mass is 361 g/mol. The number of fused-ring (bicyclic) bond motifs is 1. The van der Waals surface area contributed by atoms with Crippen molar-refractivity contribution < 1.29 is 9.90 Å². The van der Waals surface area contributed by atoms with E-state index in [1.807, 2.05) is 12.1 Å². The number of aliphatic carboxylic acids is 1. The zero-order valence-corrected chi connectivity index (χ0v) is 15.8. The molecule has 0 heterocycles. The Kier molecular flexibility index (Phi) is 6.61. The molecule has 0 aliphatic rings. The Morgan fingerprint density at radius 1 is 0.963 bits per heavy atom. The molecule has 0 amide bonds. The lowest BCUT2D eigenvalue weighted by molar-refractivity contribution is -0.136. The maximum absolute atomic E-state index is 10.7. The molecule has 27 heavy (non-hydrogen) atoms. The summed E-state index contributed by atoms with van der Waals surface area (Å²) in [6.07, 6.45) is 2.83. The fourth-order valence-corrected chi connectivity index (χ4v) is 3.54. The Bertz CT molecular complexity index is 898. The molecule has 0 spiro atoms. The van der Waals surface area contributed by atoms with Crippen molar-refractivity contribution in [3.63, 3.8) is 0 Å². The van der Waals surface area contributed by atoms with Crippen LogP contribution in [0.25, 0.3) is 10.8 Å². The minimum Gasteiger partial charge on any atom is -0.481 e. The van der Waals surface area contributed by atoms with Crippen molar-refractivity contribution in [2.75, 3.05) is 6.54 Å². The van der Waals surface area contributed by atoms with Gasteiger partial charge in [-0.2, -0.15) is 0 Å². The topological polar surface area (TPSA) is 49.3 Å². The number of carbonyl (C=O) groups is 1. The van der Waals surface area contributed by atoms with Gasteiger partial charge >= 0.3 is 5.97 Å². The zero-order valence-electron chi connectivity index (χ0n) is 15.8. The molecule has 3 nitrogen and oxygen atoms in total. The van der Waals surface area contributed by atoms with E-state index in [1.54, 1.807) is 0 Å². The van der Waals surface area contributed by atoms with Gasteiger partial charge in [0.1, 0.15) is 0 Å². The standard InChI is InChI=1S/C24H27NO2/c1-18(22-13-5-11-21-10-2-3-12-23(21)22)25-16-6-9-19-7-4-8-20(17-19)14-15-24(26)27/h2-5,7-8,10-13,17-18,25H,6,9,14-16H2,1H3,(H,26,27)/t18-/m1/s1. The van der Waals surface area contributed by atoms with Gasteiger partial charge in [-0.25, -0.2) is 0 Å². The molecule has 1 atom stereocenters. The van der Waals surface area contributed by atoms with Crippen LogP contribution in [0.2, 0.25) is 0 Å². The third kappa shape index (κ3) is 5.41. The van der Waals surface area contributed by atoms with Crippen LogP contribution in [-0.4, -0.2) is 17.6 Å². The lowest BCUT2D eigenvalue weighted by Crippen LogP contribution is -2.20. The van der Waals surface area contributed by atoms with Crippen LogP contribution in [0.5, 0.6) is 0 Å². The summed E-state index contributed by atoms with van der Waals surface area (Å²) in [6, 6.07) is 23.6. The molecule has 0 aliphatic heterocycles. The Morgan fingerprint density at radius 2 is 1.67 bits per heavy atom. The summed E-state index contributed by atoms with van der Waals surface area (Å²) in [4.78, 5) is 10.7. The molecule has 3 rings (SSSR count). The van der Waals surface area contributed by atoms with Crippen LogP contribution in [0.1, 0.15) is 42.5 Å². The lowest BCUT2D eigenvalue weighted by atomic mass is 9.99. The van der Waals surface area contributed by atoms with Crippen LogP contribution in [0.4, 0.5) is 0 Å². The van der Waals surface area contributed by atoms with Crippen molar-refractivity contribution >= 4 is 16.7 Å². The van der Waals surface area contributed by atoms with E-state index in [0.29, 0.717) is 12.5 Å². The molecule has 3 aromatic carbocycles. The van der Waals surface area contributed by atoms with Crippen LogP contribution in [0.15, 0.2) is 66.7 Å². The van der Waals surface area contributed by atoms with Crippen LogP contribution in [-0.2, 0) is 17.6 Å². The summed E-state index contributed by atoms with van der Waals surface area (Å²) in [7, 11) is 0. The van der Waals surface area contributed by atoms with E-state index in [-0.39, 0.29) is 6.42 Å². The second-order valence-corrected chi connectivity index (χ2v) is 7.06. The summed E-state index contributed by atoms with van der Waals surface area (Å²) in [5.41, 5.74) is 3.72. The highest BCUT2D eigenvalue weighted by atomic mass is 16.4. The van der Waals surface area contributed by atoms with Crippen molar-refractivity contribution in [2.45, 2.75) is 38.6 Å². The van der Waals surface area contributed by atoms with Gasteiger partial charge in [0, 0.05) is 12.5 Å². The van der Waals surface area contributed by atoms with Gasteiger partial charge in [0.05, 0.1) is 0 Å². The Hall–Kier alpha value is -2.65. The van der Waals surface area contributed by atoms with Crippen molar-refractivity contribution in [3.8, 4) is 0 Å². The summed E-state index contributed by atoms with van der Waals surface area (Å²) in [6.45, 7) is 3.16. The molecule has 0 radical (unpaired) electrons. The lowest BCUT2D eigenvalue weighted by Gasteiger charge is -2.16. The molecule has 2 N–H and O–H groups in total. The average Bonchev–Trinajstić information content (AvgIpc) is 2.69. The molecule has 140 valence electrons. The molecule has 0 bridgehead atoms. The average molecular weight is 361 g/mol. The van der Waals surface area contributed by atoms with Gasteiger partial charge in [-0.15, -0.1) is 0 Å². The summed E-state index contributed by atoms with van der Waals surface area (Å²) in [5, 5.41) is 15.1. The molecule has 0 saturated carbocycles. The second-order valence-electron chi connectivity index (χ2n) is 7.06. The van der Waals surface area contributed by atoms with E-state index in [4.69, 9.17) is 5.11 Å². The smallest absolute Gasteiger partial charge is 0.303 e. The predicted octanol–water partition coefficient (Wildman–Crippen LogP) is 5.14. The second kappa shape index (κ2) is 9.33. The van der Waals surface area contributed by atoms with Crippen molar-refractivity contribution in [1.29, 1.82) is 0 Å². The first-order chi connectivity index (χ1) is 13.1. The zero-order chi connectivity index (χ0) is 19.1. The summed E-state index contributed by atoms with van der Waals surface area (Å²) >= 11 is 0. The first kappa shape index (κ1) is 19.1. The van der Waals surface area contributed by atoms with Gasteiger partial charge < -0.3 is 10.4 Å². The highest BCUT2D eigenvalue weighted by molar-refractivity contribution is 5.86. The largest absolute Gasteiger partial charge is 0.481 e. The minimum atomic E-state index is -0.743. The third-order valence-electron chi connectivity index (χ3n) is 5.00. The SMILES string of the molecule is C[C@@H](NCCCc1cccc(CCC(=O)O)c1)c1cccc2ccccc12. The van der Waals surface area contributed by atoms with Crippen LogP contribution in [0, 0.1) is 0 Å². The van der Waals surface area contributed by atoms with E-state index in [0.717, 1.165) is 24.9 Å². The molecular weight excluding hydrogens is 334 g/mol. The van der Waals surface area contributed by atoms with Gasteiger partial charge in [0.25, 0.3) is 0 Å². The van der Waals surface area contributed by atoms with Gasteiger partial charge in [-0.3, -0.25) is 4.79 Å². The number of aryl methyl sites for hydroxylation is 2. The fraction of sp³-hybridized carbons (Fsp3) is 0.292. The molecule has 0 unspecified atom stereocenters. The number of hydrogen-bond acceptors (Lipinski definition) is 2. The van der Waals surface area contributed by atoms with Crippen molar-refractivity contribution in [3.05, 3.63) is 83.4 Å². The van der Waals surface area contributed by atoms with Crippen LogP contribution >= 0.6 is 0 Å². The van der Waals surface area contributed by atoms with E-state index in [9.17, 15) is 4.79 Å².